The quantitative estimate of drug-likeness (QED) is 0.729. The summed E-state index contributed by atoms with van der Waals surface area (Å²) in [4.78, 5) is 23.0. The molecule has 156 valence electrons. The third-order valence-electron chi connectivity index (χ3n) is 9.72. The third kappa shape index (κ3) is 2.74. The van der Waals surface area contributed by atoms with Crippen molar-refractivity contribution in [3.05, 3.63) is 11.6 Å². The molecule has 2 N–H and O–H groups in total. The molecule has 28 heavy (non-hydrogen) atoms. The lowest BCUT2D eigenvalue weighted by atomic mass is 9.44. The summed E-state index contributed by atoms with van der Waals surface area (Å²) in [6, 6.07) is 0. The van der Waals surface area contributed by atoms with E-state index in [1.807, 2.05) is 6.08 Å². The van der Waals surface area contributed by atoms with Crippen LogP contribution in [0.3, 0.4) is 0 Å². The number of aliphatic hydroxyl groups is 1. The van der Waals surface area contributed by atoms with Crippen LogP contribution in [0.4, 0.5) is 0 Å². The molecule has 0 amide bonds. The zero-order chi connectivity index (χ0) is 20.3. The highest BCUT2D eigenvalue weighted by molar-refractivity contribution is 5.91. The van der Waals surface area contributed by atoms with Gasteiger partial charge in [0.2, 0.25) is 0 Å². The molecule has 0 aromatic carbocycles. The topological polar surface area (TPSA) is 74.6 Å². The standard InChI is InChI=1S/C24H36O4/c1-15(4-9-21(26)27)18-7-8-19-20-6-5-16-14-17(25)10-11-23(16,3)24(20,28)13-12-22(18,19)2/h14-15,18-20,28H,4-13H2,1-3H3,(H,26,27)/t15-,18-,19+,20+,22-,23+,24-/m1/s1. The molecule has 0 spiro atoms. The number of rotatable bonds is 4. The van der Waals surface area contributed by atoms with Crippen molar-refractivity contribution in [2.45, 2.75) is 90.6 Å². The molecule has 7 atom stereocenters. The van der Waals surface area contributed by atoms with Gasteiger partial charge in [0.15, 0.2) is 5.78 Å². The largest absolute Gasteiger partial charge is 0.481 e. The summed E-state index contributed by atoms with van der Waals surface area (Å²) in [5.41, 5.74) is 0.450. The van der Waals surface area contributed by atoms with Crippen molar-refractivity contribution in [2.75, 3.05) is 0 Å². The van der Waals surface area contributed by atoms with E-state index >= 15 is 0 Å². The third-order valence-corrected chi connectivity index (χ3v) is 9.72. The first-order valence-electron chi connectivity index (χ1n) is 11.3. The van der Waals surface area contributed by atoms with Gasteiger partial charge >= 0.3 is 5.97 Å². The number of fused-ring (bicyclic) bond motifs is 5. The lowest BCUT2D eigenvalue weighted by molar-refractivity contribution is -0.193. The van der Waals surface area contributed by atoms with Crippen LogP contribution in [0.2, 0.25) is 0 Å². The second-order valence-corrected chi connectivity index (χ2v) is 10.7. The molecule has 4 aliphatic rings. The van der Waals surface area contributed by atoms with Crippen LogP contribution in [0.25, 0.3) is 0 Å². The zero-order valence-electron chi connectivity index (χ0n) is 17.7. The van der Waals surface area contributed by atoms with Crippen molar-refractivity contribution >= 4 is 11.8 Å². The minimum atomic E-state index is -0.698. The molecule has 0 aromatic heterocycles. The summed E-state index contributed by atoms with van der Waals surface area (Å²) in [7, 11) is 0. The van der Waals surface area contributed by atoms with Crippen molar-refractivity contribution in [3.8, 4) is 0 Å². The van der Waals surface area contributed by atoms with E-state index in [1.165, 1.54) is 5.57 Å². The van der Waals surface area contributed by atoms with E-state index in [4.69, 9.17) is 5.11 Å². The summed E-state index contributed by atoms with van der Waals surface area (Å²) in [5.74, 6) is 1.32. The fraction of sp³-hybridized carbons (Fsp3) is 0.833. The summed E-state index contributed by atoms with van der Waals surface area (Å²) in [6.07, 6.45) is 10.3. The maximum absolute atomic E-state index is 12.1. The number of carbonyl (C=O) groups excluding carboxylic acids is 1. The van der Waals surface area contributed by atoms with Crippen molar-refractivity contribution in [1.82, 2.24) is 0 Å². The van der Waals surface area contributed by atoms with Gasteiger partial charge in [-0.3, -0.25) is 9.59 Å². The Labute approximate surface area is 168 Å². The molecule has 0 aromatic rings. The van der Waals surface area contributed by atoms with E-state index in [2.05, 4.69) is 20.8 Å². The van der Waals surface area contributed by atoms with Crippen LogP contribution >= 0.6 is 0 Å². The summed E-state index contributed by atoms with van der Waals surface area (Å²) in [6.45, 7) is 6.87. The molecule has 0 unspecified atom stereocenters. The maximum atomic E-state index is 12.1. The average Bonchev–Trinajstić information content (AvgIpc) is 2.98. The van der Waals surface area contributed by atoms with Crippen molar-refractivity contribution < 1.29 is 19.8 Å². The van der Waals surface area contributed by atoms with Gasteiger partial charge in [0.25, 0.3) is 0 Å². The van der Waals surface area contributed by atoms with Gasteiger partial charge in [-0.2, -0.15) is 0 Å². The molecule has 0 bridgehead atoms. The first kappa shape index (κ1) is 20.1. The van der Waals surface area contributed by atoms with Gasteiger partial charge in [-0.25, -0.2) is 0 Å². The monoisotopic (exact) mass is 388 g/mol. The van der Waals surface area contributed by atoms with Crippen molar-refractivity contribution in [3.63, 3.8) is 0 Å². The van der Waals surface area contributed by atoms with Crippen LogP contribution in [0.5, 0.6) is 0 Å². The molecular weight excluding hydrogens is 352 g/mol. The minimum Gasteiger partial charge on any atom is -0.481 e. The highest BCUT2D eigenvalue weighted by atomic mass is 16.4. The van der Waals surface area contributed by atoms with Crippen molar-refractivity contribution in [2.24, 2.45) is 34.5 Å². The molecule has 4 heteroatoms. The number of carboxylic acids is 1. The van der Waals surface area contributed by atoms with E-state index in [9.17, 15) is 14.7 Å². The molecule has 4 rings (SSSR count). The summed E-state index contributed by atoms with van der Waals surface area (Å²) >= 11 is 0. The van der Waals surface area contributed by atoms with E-state index in [-0.39, 0.29) is 23.0 Å². The number of carboxylic acid groups (broad SMARTS) is 1. The smallest absolute Gasteiger partial charge is 0.303 e. The maximum Gasteiger partial charge on any atom is 0.303 e. The Balaban J connectivity index is 1.60. The Hall–Kier alpha value is -1.16. The highest BCUT2D eigenvalue weighted by Gasteiger charge is 2.65. The van der Waals surface area contributed by atoms with Gasteiger partial charge in [-0.15, -0.1) is 0 Å². The molecule has 3 saturated carbocycles. The Morgan fingerprint density at radius 2 is 1.89 bits per heavy atom. The van der Waals surface area contributed by atoms with Crippen LogP contribution in [0, 0.1) is 34.5 Å². The van der Waals surface area contributed by atoms with E-state index in [0.29, 0.717) is 30.1 Å². The Kier molecular flexibility index (Phi) is 4.80. The molecule has 0 aliphatic heterocycles. The number of ketones is 1. The predicted molar refractivity (Wildman–Crippen MR) is 108 cm³/mol. The first-order valence-corrected chi connectivity index (χ1v) is 11.3. The molecular formula is C24H36O4. The fourth-order valence-corrected chi connectivity index (χ4v) is 8.03. The first-order chi connectivity index (χ1) is 13.1. The zero-order valence-corrected chi connectivity index (χ0v) is 17.7. The Morgan fingerprint density at radius 3 is 2.61 bits per heavy atom. The molecule has 4 nitrogen and oxygen atoms in total. The second-order valence-electron chi connectivity index (χ2n) is 10.7. The van der Waals surface area contributed by atoms with Gasteiger partial charge < -0.3 is 10.2 Å². The molecule has 0 saturated heterocycles. The number of hydrogen-bond donors (Lipinski definition) is 2. The summed E-state index contributed by atoms with van der Waals surface area (Å²) in [5, 5.41) is 21.1. The average molecular weight is 389 g/mol. The van der Waals surface area contributed by atoms with Crippen LogP contribution in [0.15, 0.2) is 11.6 Å². The van der Waals surface area contributed by atoms with E-state index in [0.717, 1.165) is 51.4 Å². The summed E-state index contributed by atoms with van der Waals surface area (Å²) < 4.78 is 0. The lowest BCUT2D eigenvalue weighted by Gasteiger charge is -2.63. The van der Waals surface area contributed by atoms with Gasteiger partial charge in [-0.1, -0.05) is 26.3 Å². The highest BCUT2D eigenvalue weighted by Crippen LogP contribution is 2.69. The van der Waals surface area contributed by atoms with Gasteiger partial charge in [0.1, 0.15) is 0 Å². The SMILES string of the molecule is C[C@H](CCC(=O)O)[C@H]1CC[C@H]2[C@@H]3CCC4=CC(=O)CC[C@]4(C)[C@@]3(O)CC[C@]12C. The number of aliphatic carboxylic acids is 1. The molecule has 0 heterocycles. The molecule has 4 aliphatic carbocycles. The molecule has 0 radical (unpaired) electrons. The van der Waals surface area contributed by atoms with Crippen molar-refractivity contribution in [1.29, 1.82) is 0 Å². The molecule has 3 fully saturated rings. The Bertz CT molecular complexity index is 711. The van der Waals surface area contributed by atoms with Crippen LogP contribution in [0.1, 0.15) is 85.0 Å². The van der Waals surface area contributed by atoms with Gasteiger partial charge in [0, 0.05) is 18.3 Å². The second kappa shape index (κ2) is 6.68. The fourth-order valence-electron chi connectivity index (χ4n) is 8.03. The lowest BCUT2D eigenvalue weighted by Crippen LogP contribution is -2.63. The van der Waals surface area contributed by atoms with Gasteiger partial charge in [0.05, 0.1) is 5.60 Å². The number of hydrogen-bond acceptors (Lipinski definition) is 3. The van der Waals surface area contributed by atoms with Crippen LogP contribution < -0.4 is 0 Å². The van der Waals surface area contributed by atoms with Crippen LogP contribution in [-0.4, -0.2) is 27.6 Å². The van der Waals surface area contributed by atoms with Crippen LogP contribution in [-0.2, 0) is 9.59 Å². The normalized spacial score (nSPS) is 46.2. The van der Waals surface area contributed by atoms with E-state index in [1.54, 1.807) is 0 Å². The van der Waals surface area contributed by atoms with E-state index < -0.39 is 11.6 Å². The number of carbonyl (C=O) groups is 2. The minimum absolute atomic E-state index is 0.205. The van der Waals surface area contributed by atoms with Gasteiger partial charge in [-0.05, 0) is 86.5 Å². The Morgan fingerprint density at radius 1 is 1.14 bits per heavy atom. The predicted octanol–water partition coefficient (Wildman–Crippen LogP) is 4.75.